The van der Waals surface area contributed by atoms with Gasteiger partial charge in [0.05, 0.1) is 16.3 Å². The number of rotatable bonds is 5. The van der Waals surface area contributed by atoms with Crippen LogP contribution in [0.2, 0.25) is 0 Å². The van der Waals surface area contributed by atoms with Crippen molar-refractivity contribution in [3.63, 3.8) is 0 Å². The summed E-state index contributed by atoms with van der Waals surface area (Å²) in [4.78, 5) is 17.3. The molecule has 1 rings (SSSR count). The SMILES string of the molecule is CCS(C)(=O)=NC(=O)c1cc(CN=[N+]=[N-])cc(N=[N+]=[N-])c1. The third-order valence-corrected chi connectivity index (χ3v) is 4.14. The fourth-order valence-electron chi connectivity index (χ4n) is 1.40. The lowest BCUT2D eigenvalue weighted by Gasteiger charge is -2.04. The molecule has 0 aliphatic heterocycles. The van der Waals surface area contributed by atoms with E-state index in [4.69, 9.17) is 11.1 Å². The van der Waals surface area contributed by atoms with Gasteiger partial charge in [0.15, 0.2) is 0 Å². The van der Waals surface area contributed by atoms with Crippen LogP contribution in [-0.2, 0) is 16.3 Å². The van der Waals surface area contributed by atoms with Crippen molar-refractivity contribution in [3.05, 3.63) is 50.2 Å². The van der Waals surface area contributed by atoms with E-state index in [9.17, 15) is 9.00 Å². The van der Waals surface area contributed by atoms with Gasteiger partial charge in [-0.2, -0.15) is 4.36 Å². The van der Waals surface area contributed by atoms with Crippen LogP contribution in [0.25, 0.3) is 20.9 Å². The predicted molar refractivity (Wildman–Crippen MR) is 79.5 cm³/mol. The molecule has 1 aromatic carbocycles. The predicted octanol–water partition coefficient (Wildman–Crippen LogP) is 3.70. The van der Waals surface area contributed by atoms with Crippen molar-refractivity contribution in [3.8, 4) is 0 Å². The average Bonchev–Trinajstić information content (AvgIpc) is 2.45. The highest BCUT2D eigenvalue weighted by atomic mass is 32.2. The standard InChI is InChI=1S/C11H13N7O2S/c1-3-21(2,20)16-11(19)9-4-8(7-14-17-12)5-10(6-9)15-18-13/h4-6H,3,7H2,1-2H3. The molecule has 0 saturated heterocycles. The highest BCUT2D eigenvalue weighted by Gasteiger charge is 2.10. The normalized spacial score (nSPS) is 12.5. The van der Waals surface area contributed by atoms with Crippen molar-refractivity contribution in [1.29, 1.82) is 0 Å². The Bertz CT molecular complexity index is 767. The molecule has 0 aliphatic rings. The lowest BCUT2D eigenvalue weighted by atomic mass is 10.1. The van der Waals surface area contributed by atoms with E-state index < -0.39 is 15.6 Å². The molecule has 1 aromatic rings. The number of hydrogen-bond donors (Lipinski definition) is 0. The Morgan fingerprint density at radius 2 is 2.00 bits per heavy atom. The number of nitrogens with zero attached hydrogens (tertiary/aromatic N) is 7. The van der Waals surface area contributed by atoms with Crippen molar-refractivity contribution in [2.75, 3.05) is 12.0 Å². The van der Waals surface area contributed by atoms with Gasteiger partial charge in [-0.25, -0.2) is 4.21 Å². The zero-order valence-electron chi connectivity index (χ0n) is 11.5. The van der Waals surface area contributed by atoms with E-state index in [-0.39, 0.29) is 23.5 Å². The summed E-state index contributed by atoms with van der Waals surface area (Å²) < 4.78 is 15.5. The van der Waals surface area contributed by atoms with Crippen LogP contribution in [0.15, 0.2) is 32.8 Å². The molecule has 1 atom stereocenters. The average molecular weight is 307 g/mol. The molecular formula is C11H13N7O2S. The fourth-order valence-corrected chi connectivity index (χ4v) is 1.99. The van der Waals surface area contributed by atoms with Crippen LogP contribution < -0.4 is 0 Å². The van der Waals surface area contributed by atoms with Crippen LogP contribution in [0.3, 0.4) is 0 Å². The summed E-state index contributed by atoms with van der Waals surface area (Å²) in [5.74, 6) is -0.415. The van der Waals surface area contributed by atoms with Gasteiger partial charge in [0.25, 0.3) is 5.91 Å². The molecule has 21 heavy (non-hydrogen) atoms. The summed E-state index contributed by atoms with van der Waals surface area (Å²) in [5.41, 5.74) is 17.6. The van der Waals surface area contributed by atoms with Gasteiger partial charge in [-0.05, 0) is 34.8 Å². The molecule has 0 radical (unpaired) electrons. The second-order valence-electron chi connectivity index (χ2n) is 4.11. The van der Waals surface area contributed by atoms with Crippen molar-refractivity contribution in [2.45, 2.75) is 13.5 Å². The van der Waals surface area contributed by atoms with Gasteiger partial charge >= 0.3 is 0 Å². The van der Waals surface area contributed by atoms with Crippen molar-refractivity contribution in [1.82, 2.24) is 0 Å². The second kappa shape index (κ2) is 7.30. The molecule has 1 unspecified atom stereocenters. The Morgan fingerprint density at radius 1 is 1.29 bits per heavy atom. The Kier molecular flexibility index (Phi) is 5.74. The minimum Gasteiger partial charge on any atom is -0.266 e. The third kappa shape index (κ3) is 5.15. The molecule has 0 N–H and O–H groups in total. The van der Waals surface area contributed by atoms with E-state index in [0.29, 0.717) is 5.56 Å². The minimum absolute atomic E-state index is 0.000840. The molecule has 0 heterocycles. The maximum absolute atomic E-state index is 12.0. The molecule has 1 amide bonds. The Labute approximate surface area is 121 Å². The highest BCUT2D eigenvalue weighted by Crippen LogP contribution is 2.20. The number of benzene rings is 1. The van der Waals surface area contributed by atoms with E-state index in [1.165, 1.54) is 24.5 Å². The lowest BCUT2D eigenvalue weighted by Crippen LogP contribution is -2.05. The number of amides is 1. The molecule has 0 aromatic heterocycles. The van der Waals surface area contributed by atoms with Crippen LogP contribution >= 0.6 is 0 Å². The molecule has 110 valence electrons. The van der Waals surface area contributed by atoms with E-state index in [1.54, 1.807) is 6.92 Å². The smallest absolute Gasteiger partial charge is 0.266 e. The van der Waals surface area contributed by atoms with Crippen LogP contribution in [0.5, 0.6) is 0 Å². The lowest BCUT2D eigenvalue weighted by molar-refractivity contribution is 0.100. The second-order valence-corrected chi connectivity index (χ2v) is 6.79. The molecule has 0 fully saturated rings. The maximum atomic E-state index is 12.0. The molecule has 9 nitrogen and oxygen atoms in total. The summed E-state index contributed by atoms with van der Waals surface area (Å²) in [6.07, 6.45) is 1.39. The molecular weight excluding hydrogens is 294 g/mol. The van der Waals surface area contributed by atoms with Crippen LogP contribution in [0, 0.1) is 0 Å². The molecule has 0 saturated carbocycles. The highest BCUT2D eigenvalue weighted by molar-refractivity contribution is 7.93. The van der Waals surface area contributed by atoms with Gasteiger partial charge in [-0.15, -0.1) is 0 Å². The third-order valence-electron chi connectivity index (χ3n) is 2.51. The van der Waals surface area contributed by atoms with Gasteiger partial charge in [0.2, 0.25) is 0 Å². The summed E-state index contributed by atoms with van der Waals surface area (Å²) in [6, 6.07) is 4.30. The van der Waals surface area contributed by atoms with Crippen LogP contribution in [0.1, 0.15) is 22.8 Å². The zero-order chi connectivity index (χ0) is 15.9. The van der Waals surface area contributed by atoms with E-state index in [0.717, 1.165) is 0 Å². The van der Waals surface area contributed by atoms with Crippen LogP contribution in [-0.4, -0.2) is 22.1 Å². The van der Waals surface area contributed by atoms with Crippen molar-refractivity contribution < 1.29 is 9.00 Å². The molecule has 0 spiro atoms. The van der Waals surface area contributed by atoms with Gasteiger partial charge in [-0.3, -0.25) is 4.79 Å². The summed E-state index contributed by atoms with van der Waals surface area (Å²) in [7, 11) is -2.58. The number of carbonyl (C=O) groups excluding carboxylic acids is 1. The largest absolute Gasteiger partial charge is 0.285 e. The monoisotopic (exact) mass is 307 g/mol. The molecule has 10 heteroatoms. The first kappa shape index (κ1) is 16.5. The maximum Gasteiger partial charge on any atom is 0.285 e. The summed E-state index contributed by atoms with van der Waals surface area (Å²) >= 11 is 0. The van der Waals surface area contributed by atoms with Gasteiger partial charge in [0, 0.05) is 33.1 Å². The topological polar surface area (TPSA) is 144 Å². The van der Waals surface area contributed by atoms with E-state index in [2.05, 4.69) is 24.4 Å². The summed E-state index contributed by atoms with van der Waals surface area (Å²) in [5, 5.41) is 6.80. The van der Waals surface area contributed by atoms with Gasteiger partial charge in [0.1, 0.15) is 0 Å². The zero-order valence-corrected chi connectivity index (χ0v) is 12.3. The molecule has 0 bridgehead atoms. The Morgan fingerprint density at radius 3 is 2.57 bits per heavy atom. The van der Waals surface area contributed by atoms with Crippen molar-refractivity contribution >= 4 is 21.3 Å². The van der Waals surface area contributed by atoms with Crippen molar-refractivity contribution in [2.24, 2.45) is 14.6 Å². The Balaban J connectivity index is 3.34. The first-order valence-electron chi connectivity index (χ1n) is 5.86. The first-order valence-corrected chi connectivity index (χ1v) is 7.95. The number of carbonyl (C=O) groups is 1. The molecule has 0 aliphatic carbocycles. The number of hydrogen-bond acceptors (Lipinski definition) is 4. The van der Waals surface area contributed by atoms with Gasteiger partial charge in [-0.1, -0.05) is 17.2 Å². The van der Waals surface area contributed by atoms with Gasteiger partial charge < -0.3 is 0 Å². The first-order chi connectivity index (χ1) is 9.91. The van der Waals surface area contributed by atoms with E-state index >= 15 is 0 Å². The fraction of sp³-hybridized carbons (Fsp3) is 0.364. The number of azide groups is 2. The van der Waals surface area contributed by atoms with Crippen LogP contribution in [0.4, 0.5) is 5.69 Å². The van der Waals surface area contributed by atoms with E-state index in [1.807, 2.05) is 0 Å². The quantitative estimate of drug-likeness (QED) is 0.464. The summed E-state index contributed by atoms with van der Waals surface area (Å²) in [6.45, 7) is 1.67. The minimum atomic E-state index is -2.58. The Hall–Kier alpha value is -2.54.